The van der Waals surface area contributed by atoms with Crippen molar-refractivity contribution < 1.29 is 22.8 Å². The van der Waals surface area contributed by atoms with Gasteiger partial charge in [0, 0.05) is 20.5 Å². The quantitative estimate of drug-likeness (QED) is 0.699. The van der Waals surface area contributed by atoms with Crippen LogP contribution in [0.5, 0.6) is 0 Å². The highest BCUT2D eigenvalue weighted by Gasteiger charge is 2.48. The third-order valence-corrected chi connectivity index (χ3v) is 5.57. The van der Waals surface area contributed by atoms with Gasteiger partial charge in [-0.1, -0.05) is 36.4 Å². The van der Waals surface area contributed by atoms with Gasteiger partial charge in [-0.15, -0.1) is 0 Å². The van der Waals surface area contributed by atoms with Crippen LogP contribution < -0.4 is 0 Å². The molecule has 8 heteroatoms. The molecular weight excluding hydrogens is 407 g/mol. The lowest BCUT2D eigenvalue weighted by Gasteiger charge is -2.45. The third-order valence-electron chi connectivity index (χ3n) is 5.57. The Bertz CT molecular complexity index is 1120. The Balaban J connectivity index is 1.98. The molecule has 3 rings (SSSR count). The highest BCUT2D eigenvalue weighted by Crippen LogP contribution is 2.34. The number of hydrogen-bond acceptors (Lipinski definition) is 3. The van der Waals surface area contributed by atoms with E-state index >= 15 is 0 Å². The molecule has 160 valence electrons. The van der Waals surface area contributed by atoms with Gasteiger partial charge in [-0.05, 0) is 36.3 Å². The van der Waals surface area contributed by atoms with Crippen molar-refractivity contribution in [2.75, 3.05) is 14.1 Å². The largest absolute Gasteiger partial charge is 0.416 e. The Labute approximate surface area is 178 Å². The van der Waals surface area contributed by atoms with E-state index < -0.39 is 29.1 Å². The van der Waals surface area contributed by atoms with Gasteiger partial charge in [0.05, 0.1) is 17.2 Å². The molecule has 0 bridgehead atoms. The summed E-state index contributed by atoms with van der Waals surface area (Å²) in [7, 11) is 2.89. The van der Waals surface area contributed by atoms with Gasteiger partial charge in [0.2, 0.25) is 0 Å². The summed E-state index contributed by atoms with van der Waals surface area (Å²) in [6, 6.07) is 13.4. The first kappa shape index (κ1) is 22.1. The van der Waals surface area contributed by atoms with Crippen LogP contribution in [0.1, 0.15) is 29.2 Å². The number of carbonyl (C=O) groups excluding carboxylic acids is 2. The lowest BCUT2D eigenvalue weighted by Crippen LogP contribution is -2.64. The first-order valence-electron chi connectivity index (χ1n) is 9.42. The Hall–Kier alpha value is -3.60. The highest BCUT2D eigenvalue weighted by atomic mass is 19.4. The normalized spacial score (nSPS) is 20.9. The van der Waals surface area contributed by atoms with Gasteiger partial charge < -0.3 is 9.80 Å². The van der Waals surface area contributed by atoms with Crippen molar-refractivity contribution in [3.63, 3.8) is 0 Å². The number of piperazine rings is 1. The fourth-order valence-electron chi connectivity index (χ4n) is 3.63. The topological polar surface area (TPSA) is 64.4 Å². The number of nitrogens with zero attached hydrogens (tertiary/aromatic N) is 3. The molecule has 2 aromatic rings. The number of rotatable bonds is 3. The van der Waals surface area contributed by atoms with Crippen LogP contribution in [0, 0.1) is 11.3 Å². The lowest BCUT2D eigenvalue weighted by atomic mass is 9.86. The van der Waals surface area contributed by atoms with Crippen LogP contribution in [0.3, 0.4) is 0 Å². The molecule has 1 unspecified atom stereocenters. The van der Waals surface area contributed by atoms with Crippen LogP contribution in [0.2, 0.25) is 0 Å². The van der Waals surface area contributed by atoms with Crippen molar-refractivity contribution in [3.05, 3.63) is 76.5 Å². The highest BCUT2D eigenvalue weighted by molar-refractivity contribution is 6.08. The minimum Gasteiger partial charge on any atom is -0.326 e. The molecule has 0 saturated carbocycles. The molecule has 0 N–H and O–H groups in total. The van der Waals surface area contributed by atoms with E-state index in [0.717, 1.165) is 12.1 Å². The van der Waals surface area contributed by atoms with Gasteiger partial charge in [0.25, 0.3) is 11.8 Å². The van der Waals surface area contributed by atoms with Crippen molar-refractivity contribution in [2.24, 2.45) is 0 Å². The second kappa shape index (κ2) is 7.91. The van der Waals surface area contributed by atoms with Crippen molar-refractivity contribution in [1.82, 2.24) is 9.80 Å². The van der Waals surface area contributed by atoms with Crippen LogP contribution in [-0.2, 0) is 22.2 Å². The number of amides is 2. The van der Waals surface area contributed by atoms with E-state index in [9.17, 15) is 28.0 Å². The second-order valence-electron chi connectivity index (χ2n) is 7.61. The summed E-state index contributed by atoms with van der Waals surface area (Å²) in [6.45, 7) is 1.53. The minimum atomic E-state index is -4.50. The summed E-state index contributed by atoms with van der Waals surface area (Å²) in [6.07, 6.45) is -3.11. The monoisotopic (exact) mass is 427 g/mol. The van der Waals surface area contributed by atoms with E-state index in [-0.39, 0.29) is 12.1 Å². The number of carbonyl (C=O) groups is 2. The molecule has 31 heavy (non-hydrogen) atoms. The average molecular weight is 427 g/mol. The maximum Gasteiger partial charge on any atom is 0.416 e. The molecule has 0 spiro atoms. The van der Waals surface area contributed by atoms with E-state index in [0.29, 0.717) is 16.7 Å². The number of alkyl halides is 3. The van der Waals surface area contributed by atoms with E-state index in [1.807, 2.05) is 6.07 Å². The summed E-state index contributed by atoms with van der Waals surface area (Å²) in [4.78, 5) is 28.8. The Morgan fingerprint density at radius 1 is 1.10 bits per heavy atom. The molecule has 2 aromatic carbocycles. The standard InChI is InChI=1S/C23H20F3N3O2/c1-22(13-15-7-6-10-18(11-15)23(24,25)26)21(31)28(2)19(20(30)29(22)3)12-16-8-4-5-9-17(16)14-27/h4-12H,13H2,1-3H3. The number of benzene rings is 2. The van der Waals surface area contributed by atoms with E-state index in [4.69, 9.17) is 0 Å². The zero-order valence-electron chi connectivity index (χ0n) is 17.2. The molecule has 1 aliphatic rings. The summed E-state index contributed by atoms with van der Waals surface area (Å²) in [5.41, 5.74) is -0.973. The third kappa shape index (κ3) is 4.04. The predicted molar refractivity (Wildman–Crippen MR) is 108 cm³/mol. The smallest absolute Gasteiger partial charge is 0.326 e. The number of hydrogen-bond donors (Lipinski definition) is 0. The molecule has 0 radical (unpaired) electrons. The van der Waals surface area contributed by atoms with Crippen molar-refractivity contribution in [1.29, 1.82) is 5.26 Å². The van der Waals surface area contributed by atoms with Crippen molar-refractivity contribution in [3.8, 4) is 6.07 Å². The predicted octanol–water partition coefficient (Wildman–Crippen LogP) is 3.85. The Morgan fingerprint density at radius 2 is 1.77 bits per heavy atom. The zero-order chi connectivity index (χ0) is 23.0. The Kier molecular flexibility index (Phi) is 5.64. The van der Waals surface area contributed by atoms with E-state index in [2.05, 4.69) is 0 Å². The zero-order valence-corrected chi connectivity index (χ0v) is 17.2. The fourth-order valence-corrected chi connectivity index (χ4v) is 3.63. The molecule has 1 atom stereocenters. The van der Waals surface area contributed by atoms with Crippen LogP contribution in [0.15, 0.2) is 54.2 Å². The van der Waals surface area contributed by atoms with Crippen molar-refractivity contribution in [2.45, 2.75) is 25.1 Å². The number of likely N-dealkylation sites (N-methyl/N-ethyl adjacent to an activating group) is 2. The molecule has 2 amide bonds. The summed E-state index contributed by atoms with van der Waals surface area (Å²) >= 11 is 0. The maximum atomic E-state index is 13.2. The molecule has 0 aliphatic carbocycles. The average Bonchev–Trinajstić information content (AvgIpc) is 2.74. The molecule has 1 fully saturated rings. The van der Waals surface area contributed by atoms with Gasteiger partial charge in [-0.3, -0.25) is 9.59 Å². The molecule has 1 aliphatic heterocycles. The summed E-state index contributed by atoms with van der Waals surface area (Å²) < 4.78 is 39.2. The van der Waals surface area contributed by atoms with Gasteiger partial charge in [-0.2, -0.15) is 18.4 Å². The number of halogens is 3. The van der Waals surface area contributed by atoms with Crippen molar-refractivity contribution >= 4 is 17.9 Å². The van der Waals surface area contributed by atoms with E-state index in [1.165, 1.54) is 49.0 Å². The summed E-state index contributed by atoms with van der Waals surface area (Å²) in [5, 5.41) is 9.28. The van der Waals surface area contributed by atoms with Crippen LogP contribution in [-0.4, -0.2) is 41.2 Å². The molecular formula is C23H20F3N3O2. The number of nitriles is 1. The molecule has 5 nitrogen and oxygen atoms in total. The molecule has 0 aromatic heterocycles. The van der Waals surface area contributed by atoms with Crippen LogP contribution in [0.25, 0.3) is 6.08 Å². The van der Waals surface area contributed by atoms with Gasteiger partial charge >= 0.3 is 6.18 Å². The Morgan fingerprint density at radius 3 is 2.42 bits per heavy atom. The van der Waals surface area contributed by atoms with Gasteiger partial charge in [0.15, 0.2) is 0 Å². The van der Waals surface area contributed by atoms with Gasteiger partial charge in [0.1, 0.15) is 11.2 Å². The van der Waals surface area contributed by atoms with Crippen LogP contribution in [0.4, 0.5) is 13.2 Å². The van der Waals surface area contributed by atoms with Crippen LogP contribution >= 0.6 is 0 Å². The van der Waals surface area contributed by atoms with E-state index in [1.54, 1.807) is 24.3 Å². The summed E-state index contributed by atoms with van der Waals surface area (Å²) in [5.74, 6) is -0.906. The second-order valence-corrected chi connectivity index (χ2v) is 7.61. The SMILES string of the molecule is CN1C(=O)C(C)(Cc2cccc(C(F)(F)F)c2)N(C)C(=O)C1=Cc1ccccc1C#N. The molecule has 1 saturated heterocycles. The fraction of sp³-hybridized carbons (Fsp3) is 0.261. The first-order valence-corrected chi connectivity index (χ1v) is 9.42. The first-order chi connectivity index (χ1) is 14.5. The minimum absolute atomic E-state index is 0.0790. The molecule has 1 heterocycles. The lowest BCUT2D eigenvalue weighted by molar-refractivity contribution is -0.155. The maximum absolute atomic E-state index is 13.2. The van der Waals surface area contributed by atoms with Gasteiger partial charge in [-0.25, -0.2) is 0 Å².